The van der Waals surface area contributed by atoms with Crippen molar-refractivity contribution in [1.29, 1.82) is 0 Å². The molecule has 1 aromatic heterocycles. The summed E-state index contributed by atoms with van der Waals surface area (Å²) in [6, 6.07) is 4.18. The fourth-order valence-corrected chi connectivity index (χ4v) is 2.89. The fraction of sp³-hybridized carbons (Fsp3) is 0.562. The molecule has 122 valence electrons. The van der Waals surface area contributed by atoms with Crippen LogP contribution in [0.25, 0.3) is 10.9 Å². The number of aromatic nitrogens is 2. The van der Waals surface area contributed by atoms with E-state index in [0.717, 1.165) is 48.1 Å². The monoisotopic (exact) mass is 325 g/mol. The first-order valence-electron chi connectivity index (χ1n) is 7.68. The smallest absolute Gasteiger partial charge is 0.172 e. The number of ether oxygens (including phenoxy) is 2. The summed E-state index contributed by atoms with van der Waals surface area (Å²) in [7, 11) is 0. The highest BCUT2D eigenvalue weighted by atomic mass is 35.5. The molecule has 0 radical (unpaired) electrons. The maximum absolute atomic E-state index is 6.19. The van der Waals surface area contributed by atoms with Crippen LogP contribution in [0.1, 0.15) is 39.5 Å². The minimum atomic E-state index is 0. The van der Waals surface area contributed by atoms with Gasteiger partial charge in [0, 0.05) is 6.04 Å². The number of benzene rings is 1. The van der Waals surface area contributed by atoms with Crippen LogP contribution < -0.4 is 15.2 Å². The molecule has 1 fully saturated rings. The van der Waals surface area contributed by atoms with E-state index in [2.05, 4.69) is 10.2 Å². The van der Waals surface area contributed by atoms with E-state index < -0.39 is 0 Å². The molecule has 1 heterocycles. The van der Waals surface area contributed by atoms with Gasteiger partial charge in [0.1, 0.15) is 6.10 Å². The molecular weight excluding hydrogens is 302 g/mol. The average Bonchev–Trinajstić information content (AvgIpc) is 2.90. The van der Waals surface area contributed by atoms with Gasteiger partial charge in [0.05, 0.1) is 23.2 Å². The molecule has 0 amide bonds. The van der Waals surface area contributed by atoms with Crippen molar-refractivity contribution in [2.24, 2.45) is 5.73 Å². The third-order valence-corrected chi connectivity index (χ3v) is 3.85. The van der Waals surface area contributed by atoms with E-state index in [-0.39, 0.29) is 30.7 Å². The zero-order valence-corrected chi connectivity index (χ0v) is 13.9. The Morgan fingerprint density at radius 3 is 2.86 bits per heavy atom. The Bertz CT molecular complexity index is 614. The van der Waals surface area contributed by atoms with Crippen LogP contribution in [0.15, 0.2) is 18.3 Å². The zero-order valence-electron chi connectivity index (χ0n) is 13.0. The second kappa shape index (κ2) is 7.20. The van der Waals surface area contributed by atoms with E-state index in [9.17, 15) is 0 Å². The van der Waals surface area contributed by atoms with Gasteiger partial charge in [-0.15, -0.1) is 12.4 Å². The normalized spacial score (nSPS) is 21.6. The van der Waals surface area contributed by atoms with Crippen molar-refractivity contribution in [3.8, 4) is 11.5 Å². The molecule has 5 nitrogen and oxygen atoms in total. The minimum absolute atomic E-state index is 0. The van der Waals surface area contributed by atoms with Crippen LogP contribution in [-0.4, -0.2) is 28.4 Å². The molecule has 3 N–H and O–H groups in total. The van der Waals surface area contributed by atoms with Gasteiger partial charge in [-0.05, 0) is 51.7 Å². The summed E-state index contributed by atoms with van der Waals surface area (Å²) in [6.45, 7) is 4.03. The molecule has 1 aliphatic rings. The Morgan fingerprint density at radius 2 is 2.14 bits per heavy atom. The summed E-state index contributed by atoms with van der Waals surface area (Å²) in [4.78, 5) is 0. The SMILES string of the molecule is CC(C)Oc1c(OC2CCCC(N)C2)ccc2[nH]ncc12.Cl. The summed E-state index contributed by atoms with van der Waals surface area (Å²) >= 11 is 0. The average molecular weight is 326 g/mol. The first-order valence-corrected chi connectivity index (χ1v) is 7.68. The molecule has 1 aliphatic carbocycles. The molecule has 1 aromatic carbocycles. The van der Waals surface area contributed by atoms with Crippen molar-refractivity contribution in [1.82, 2.24) is 10.2 Å². The molecule has 2 atom stereocenters. The molecule has 22 heavy (non-hydrogen) atoms. The number of nitrogens with one attached hydrogen (secondary N) is 1. The number of nitrogens with zero attached hydrogens (tertiary/aromatic N) is 1. The number of fused-ring (bicyclic) bond motifs is 1. The lowest BCUT2D eigenvalue weighted by atomic mass is 9.93. The molecule has 0 saturated heterocycles. The quantitative estimate of drug-likeness (QED) is 0.903. The molecule has 2 aromatic rings. The molecule has 2 unspecified atom stereocenters. The lowest BCUT2D eigenvalue weighted by Gasteiger charge is -2.28. The largest absolute Gasteiger partial charge is 0.486 e. The highest BCUT2D eigenvalue weighted by molar-refractivity contribution is 5.87. The zero-order chi connectivity index (χ0) is 14.8. The number of halogens is 1. The number of hydrogen-bond donors (Lipinski definition) is 2. The van der Waals surface area contributed by atoms with Gasteiger partial charge < -0.3 is 15.2 Å². The maximum atomic E-state index is 6.19. The summed E-state index contributed by atoms with van der Waals surface area (Å²) in [5.41, 5.74) is 7.00. The van der Waals surface area contributed by atoms with E-state index in [1.54, 1.807) is 6.20 Å². The van der Waals surface area contributed by atoms with Crippen molar-refractivity contribution in [3.05, 3.63) is 18.3 Å². The van der Waals surface area contributed by atoms with Gasteiger partial charge >= 0.3 is 0 Å². The Labute approximate surface area is 137 Å². The first-order chi connectivity index (χ1) is 10.1. The summed E-state index contributed by atoms with van der Waals surface area (Å²) < 4.78 is 12.2. The first kappa shape index (κ1) is 16.9. The fourth-order valence-electron chi connectivity index (χ4n) is 2.89. The van der Waals surface area contributed by atoms with Gasteiger partial charge in [0.25, 0.3) is 0 Å². The Kier molecular flexibility index (Phi) is 5.53. The molecule has 3 rings (SSSR count). The number of rotatable bonds is 4. The third kappa shape index (κ3) is 3.65. The molecule has 0 aliphatic heterocycles. The minimum Gasteiger partial charge on any atom is -0.486 e. The van der Waals surface area contributed by atoms with E-state index in [0.29, 0.717) is 0 Å². The number of H-pyrrole nitrogens is 1. The van der Waals surface area contributed by atoms with Crippen molar-refractivity contribution in [2.45, 2.75) is 57.8 Å². The van der Waals surface area contributed by atoms with Gasteiger partial charge in [0.2, 0.25) is 0 Å². The van der Waals surface area contributed by atoms with Gasteiger partial charge in [0.15, 0.2) is 11.5 Å². The van der Waals surface area contributed by atoms with E-state index in [4.69, 9.17) is 15.2 Å². The molecule has 0 spiro atoms. The lowest BCUT2D eigenvalue weighted by Crippen LogP contribution is -2.33. The lowest BCUT2D eigenvalue weighted by molar-refractivity contribution is 0.134. The Hall–Kier alpha value is -1.46. The highest BCUT2D eigenvalue weighted by Gasteiger charge is 2.23. The number of aromatic amines is 1. The predicted octanol–water partition coefficient (Wildman–Crippen LogP) is 3.42. The molecule has 0 bridgehead atoms. The van der Waals surface area contributed by atoms with Gasteiger partial charge in [-0.2, -0.15) is 5.10 Å². The summed E-state index contributed by atoms with van der Waals surface area (Å²) in [5.74, 6) is 1.56. The molecular formula is C16H24ClN3O2. The third-order valence-electron chi connectivity index (χ3n) is 3.85. The maximum Gasteiger partial charge on any atom is 0.172 e. The van der Waals surface area contributed by atoms with Crippen molar-refractivity contribution >= 4 is 23.3 Å². The van der Waals surface area contributed by atoms with Gasteiger partial charge in [-0.1, -0.05) is 0 Å². The topological polar surface area (TPSA) is 73.2 Å². The van der Waals surface area contributed by atoms with Crippen molar-refractivity contribution in [2.75, 3.05) is 0 Å². The van der Waals surface area contributed by atoms with Gasteiger partial charge in [-0.3, -0.25) is 5.10 Å². The van der Waals surface area contributed by atoms with Crippen molar-refractivity contribution in [3.63, 3.8) is 0 Å². The number of hydrogen-bond acceptors (Lipinski definition) is 4. The van der Waals surface area contributed by atoms with Crippen molar-refractivity contribution < 1.29 is 9.47 Å². The van der Waals surface area contributed by atoms with Crippen LogP contribution in [0.4, 0.5) is 0 Å². The van der Waals surface area contributed by atoms with Crippen LogP contribution in [-0.2, 0) is 0 Å². The standard InChI is InChI=1S/C16H23N3O2.ClH/c1-10(2)20-16-13-9-18-19-14(13)6-7-15(16)21-12-5-3-4-11(17)8-12;/h6-7,9-12H,3-5,8,17H2,1-2H3,(H,18,19);1H. The Morgan fingerprint density at radius 1 is 1.32 bits per heavy atom. The summed E-state index contributed by atoms with van der Waals surface area (Å²) in [6.07, 6.45) is 6.22. The summed E-state index contributed by atoms with van der Waals surface area (Å²) in [5, 5.41) is 8.01. The predicted molar refractivity (Wildman–Crippen MR) is 90.0 cm³/mol. The van der Waals surface area contributed by atoms with Crippen LogP contribution in [0, 0.1) is 0 Å². The van der Waals surface area contributed by atoms with Crippen LogP contribution in [0.2, 0.25) is 0 Å². The van der Waals surface area contributed by atoms with Crippen LogP contribution >= 0.6 is 12.4 Å². The second-order valence-corrected chi connectivity index (χ2v) is 6.06. The molecule has 6 heteroatoms. The van der Waals surface area contributed by atoms with Crippen LogP contribution in [0.5, 0.6) is 11.5 Å². The van der Waals surface area contributed by atoms with Crippen LogP contribution in [0.3, 0.4) is 0 Å². The highest BCUT2D eigenvalue weighted by Crippen LogP contribution is 2.37. The number of nitrogens with two attached hydrogens (primary N) is 1. The van der Waals surface area contributed by atoms with Gasteiger partial charge in [-0.25, -0.2) is 0 Å². The molecule has 1 saturated carbocycles. The second-order valence-electron chi connectivity index (χ2n) is 6.06. The Balaban J connectivity index is 0.00000176. The van der Waals surface area contributed by atoms with E-state index in [1.165, 1.54) is 0 Å². The van der Waals surface area contributed by atoms with E-state index in [1.807, 2.05) is 26.0 Å². The van der Waals surface area contributed by atoms with E-state index >= 15 is 0 Å².